The van der Waals surface area contributed by atoms with Gasteiger partial charge in [-0.05, 0) is 31.4 Å². The standard InChI is InChI=1S/C16H25NO4/c1-11-4-5-13(12(2)10-11)16(20)14(17-8-9-18)6-7-15(19)21-3/h4-5,10,14,16-18,20H,6-9H2,1-3H3. The number of hydrogen-bond donors (Lipinski definition) is 3. The number of nitrogens with one attached hydrogen (secondary N) is 1. The lowest BCUT2D eigenvalue weighted by Crippen LogP contribution is -2.37. The Morgan fingerprint density at radius 1 is 1.38 bits per heavy atom. The molecule has 0 saturated heterocycles. The van der Waals surface area contributed by atoms with Crippen LogP contribution in [0.2, 0.25) is 0 Å². The van der Waals surface area contributed by atoms with Crippen molar-refractivity contribution in [3.8, 4) is 0 Å². The molecule has 5 nitrogen and oxygen atoms in total. The summed E-state index contributed by atoms with van der Waals surface area (Å²) in [6, 6.07) is 5.57. The molecule has 0 radical (unpaired) electrons. The minimum absolute atomic E-state index is 0.0195. The van der Waals surface area contributed by atoms with Crippen molar-refractivity contribution < 1.29 is 19.7 Å². The van der Waals surface area contributed by atoms with E-state index in [4.69, 9.17) is 5.11 Å². The van der Waals surface area contributed by atoms with Crippen molar-refractivity contribution in [2.24, 2.45) is 0 Å². The Balaban J connectivity index is 2.82. The van der Waals surface area contributed by atoms with Gasteiger partial charge in [-0.25, -0.2) is 0 Å². The lowest BCUT2D eigenvalue weighted by atomic mass is 9.94. The zero-order valence-corrected chi connectivity index (χ0v) is 12.9. The van der Waals surface area contributed by atoms with Crippen LogP contribution in [0.15, 0.2) is 18.2 Å². The van der Waals surface area contributed by atoms with Crippen molar-refractivity contribution in [1.29, 1.82) is 0 Å². The van der Waals surface area contributed by atoms with Crippen molar-refractivity contribution in [2.45, 2.75) is 38.8 Å². The fourth-order valence-electron chi connectivity index (χ4n) is 2.37. The smallest absolute Gasteiger partial charge is 0.305 e. The maximum absolute atomic E-state index is 11.3. The summed E-state index contributed by atoms with van der Waals surface area (Å²) in [5.41, 5.74) is 2.98. The molecule has 0 bridgehead atoms. The third-order valence-electron chi connectivity index (χ3n) is 3.53. The van der Waals surface area contributed by atoms with E-state index in [9.17, 15) is 9.90 Å². The van der Waals surface area contributed by atoms with Crippen molar-refractivity contribution in [3.63, 3.8) is 0 Å². The van der Waals surface area contributed by atoms with Gasteiger partial charge in [-0.15, -0.1) is 0 Å². The molecule has 1 aromatic rings. The highest BCUT2D eigenvalue weighted by Crippen LogP contribution is 2.24. The molecular formula is C16H25NO4. The van der Waals surface area contributed by atoms with Crippen LogP contribution in [0.25, 0.3) is 0 Å². The number of aliphatic hydroxyl groups is 2. The molecule has 0 amide bonds. The number of methoxy groups -OCH3 is 1. The summed E-state index contributed by atoms with van der Waals surface area (Å²) in [7, 11) is 1.35. The maximum atomic E-state index is 11.3. The SMILES string of the molecule is COC(=O)CCC(NCCO)C(O)c1ccc(C)cc1C. The van der Waals surface area contributed by atoms with Crippen LogP contribution < -0.4 is 5.32 Å². The summed E-state index contributed by atoms with van der Waals surface area (Å²) >= 11 is 0. The molecule has 0 aromatic heterocycles. The first kappa shape index (κ1) is 17.6. The summed E-state index contributed by atoms with van der Waals surface area (Å²) in [4.78, 5) is 11.3. The van der Waals surface area contributed by atoms with E-state index >= 15 is 0 Å². The van der Waals surface area contributed by atoms with Crippen LogP contribution in [0, 0.1) is 13.8 Å². The van der Waals surface area contributed by atoms with Crippen LogP contribution >= 0.6 is 0 Å². The molecule has 1 aromatic carbocycles. The first-order valence-electron chi connectivity index (χ1n) is 7.15. The van der Waals surface area contributed by atoms with Crippen LogP contribution in [0.3, 0.4) is 0 Å². The molecular weight excluding hydrogens is 270 g/mol. The van der Waals surface area contributed by atoms with Gasteiger partial charge >= 0.3 is 5.97 Å². The molecule has 1 rings (SSSR count). The second kappa shape index (κ2) is 8.77. The van der Waals surface area contributed by atoms with E-state index in [-0.39, 0.29) is 25.0 Å². The van der Waals surface area contributed by atoms with E-state index in [1.807, 2.05) is 32.0 Å². The molecule has 118 valence electrons. The molecule has 0 spiro atoms. The summed E-state index contributed by atoms with van der Waals surface area (Å²) in [6.07, 6.45) is -0.0651. The molecule has 0 saturated carbocycles. The number of hydrogen-bond acceptors (Lipinski definition) is 5. The van der Waals surface area contributed by atoms with Gasteiger partial charge in [0.1, 0.15) is 0 Å². The Kier molecular flexibility index (Phi) is 7.36. The van der Waals surface area contributed by atoms with Crippen LogP contribution in [0.4, 0.5) is 0 Å². The molecule has 0 aliphatic heterocycles. The van der Waals surface area contributed by atoms with Crippen molar-refractivity contribution >= 4 is 5.97 Å². The Morgan fingerprint density at radius 2 is 2.10 bits per heavy atom. The van der Waals surface area contributed by atoms with E-state index in [0.717, 1.165) is 16.7 Å². The third-order valence-corrected chi connectivity index (χ3v) is 3.53. The van der Waals surface area contributed by atoms with Crippen LogP contribution in [0.1, 0.15) is 35.6 Å². The molecule has 0 fully saturated rings. The van der Waals surface area contributed by atoms with Gasteiger partial charge in [-0.2, -0.15) is 0 Å². The Hall–Kier alpha value is -1.43. The topological polar surface area (TPSA) is 78.8 Å². The second-order valence-corrected chi connectivity index (χ2v) is 5.20. The number of rotatable bonds is 8. The summed E-state index contributed by atoms with van der Waals surface area (Å²) in [5, 5.41) is 22.6. The average Bonchev–Trinajstić information content (AvgIpc) is 2.46. The highest BCUT2D eigenvalue weighted by atomic mass is 16.5. The van der Waals surface area contributed by atoms with Crippen molar-refractivity contribution in [2.75, 3.05) is 20.3 Å². The number of aliphatic hydroxyl groups excluding tert-OH is 2. The molecule has 21 heavy (non-hydrogen) atoms. The Labute approximate surface area is 125 Å². The predicted octanol–water partition coefficient (Wildman–Crippen LogP) is 1.24. The quantitative estimate of drug-likeness (QED) is 0.629. The number of carbonyl (C=O) groups is 1. The van der Waals surface area contributed by atoms with Crippen molar-refractivity contribution in [1.82, 2.24) is 5.32 Å². The largest absolute Gasteiger partial charge is 0.469 e. The number of carbonyl (C=O) groups excluding carboxylic acids is 1. The van der Waals surface area contributed by atoms with E-state index in [1.165, 1.54) is 7.11 Å². The van der Waals surface area contributed by atoms with Gasteiger partial charge in [0.2, 0.25) is 0 Å². The van der Waals surface area contributed by atoms with Gasteiger partial charge in [0.25, 0.3) is 0 Å². The third kappa shape index (κ3) is 5.46. The van der Waals surface area contributed by atoms with Gasteiger partial charge in [0, 0.05) is 19.0 Å². The van der Waals surface area contributed by atoms with Crippen LogP contribution in [0.5, 0.6) is 0 Å². The van der Waals surface area contributed by atoms with E-state index in [1.54, 1.807) is 0 Å². The lowest BCUT2D eigenvalue weighted by Gasteiger charge is -2.25. The first-order chi connectivity index (χ1) is 9.99. The van der Waals surface area contributed by atoms with E-state index in [0.29, 0.717) is 13.0 Å². The molecule has 2 atom stereocenters. The number of benzene rings is 1. The number of aryl methyl sites for hydroxylation is 2. The van der Waals surface area contributed by atoms with Crippen LogP contribution in [-0.4, -0.2) is 42.5 Å². The minimum atomic E-state index is -0.734. The average molecular weight is 295 g/mol. The number of ether oxygens (including phenoxy) is 1. The Bertz CT molecular complexity index is 462. The molecule has 0 aliphatic carbocycles. The van der Waals surface area contributed by atoms with Gasteiger partial charge in [0.05, 0.1) is 19.8 Å². The monoisotopic (exact) mass is 295 g/mol. The predicted molar refractivity (Wildman–Crippen MR) is 81.0 cm³/mol. The summed E-state index contributed by atoms with van der Waals surface area (Å²) in [6.45, 7) is 4.30. The lowest BCUT2D eigenvalue weighted by molar-refractivity contribution is -0.141. The molecule has 0 heterocycles. The van der Waals surface area contributed by atoms with Gasteiger partial charge < -0.3 is 20.3 Å². The summed E-state index contributed by atoms with van der Waals surface area (Å²) < 4.78 is 4.63. The molecule has 2 unspecified atom stereocenters. The highest BCUT2D eigenvalue weighted by molar-refractivity contribution is 5.69. The molecule has 5 heteroatoms. The van der Waals surface area contributed by atoms with Gasteiger partial charge in [0.15, 0.2) is 0 Å². The van der Waals surface area contributed by atoms with Crippen molar-refractivity contribution in [3.05, 3.63) is 34.9 Å². The van der Waals surface area contributed by atoms with Crippen LogP contribution in [-0.2, 0) is 9.53 Å². The van der Waals surface area contributed by atoms with E-state index < -0.39 is 6.10 Å². The van der Waals surface area contributed by atoms with Gasteiger partial charge in [-0.1, -0.05) is 23.8 Å². The Morgan fingerprint density at radius 3 is 2.67 bits per heavy atom. The summed E-state index contributed by atoms with van der Waals surface area (Å²) in [5.74, 6) is -0.307. The highest BCUT2D eigenvalue weighted by Gasteiger charge is 2.22. The van der Waals surface area contributed by atoms with E-state index in [2.05, 4.69) is 10.1 Å². The second-order valence-electron chi connectivity index (χ2n) is 5.20. The normalized spacial score (nSPS) is 13.8. The number of esters is 1. The maximum Gasteiger partial charge on any atom is 0.305 e. The zero-order valence-electron chi connectivity index (χ0n) is 12.9. The minimum Gasteiger partial charge on any atom is -0.469 e. The molecule has 3 N–H and O–H groups in total. The fourth-order valence-corrected chi connectivity index (χ4v) is 2.37. The fraction of sp³-hybridized carbons (Fsp3) is 0.562. The molecule has 0 aliphatic rings. The van der Waals surface area contributed by atoms with Gasteiger partial charge in [-0.3, -0.25) is 4.79 Å². The zero-order chi connectivity index (χ0) is 15.8. The first-order valence-corrected chi connectivity index (χ1v) is 7.15.